The molecule has 0 atom stereocenters. The van der Waals surface area contributed by atoms with Crippen LogP contribution < -0.4 is 4.90 Å². The maximum absolute atomic E-state index is 11.3. The zero-order valence-electron chi connectivity index (χ0n) is 19.8. The van der Waals surface area contributed by atoms with Gasteiger partial charge < -0.3 is 10.0 Å². The molecule has 1 aliphatic rings. The number of anilines is 1. The van der Waals surface area contributed by atoms with Gasteiger partial charge in [-0.05, 0) is 59.8 Å². The maximum atomic E-state index is 11.3. The highest BCUT2D eigenvalue weighted by Crippen LogP contribution is 2.45. The van der Waals surface area contributed by atoms with Crippen LogP contribution in [-0.4, -0.2) is 23.8 Å². The first-order valence-electron chi connectivity index (χ1n) is 11.0. The first-order chi connectivity index (χ1) is 13.9. The Kier molecular flexibility index (Phi) is 7.33. The summed E-state index contributed by atoms with van der Waals surface area (Å²) in [6, 6.07) is 4.68. The van der Waals surface area contributed by atoms with Crippen molar-refractivity contribution in [2.24, 2.45) is 4.99 Å². The van der Waals surface area contributed by atoms with Gasteiger partial charge in [0.15, 0.2) is 0 Å². The van der Waals surface area contributed by atoms with Crippen LogP contribution >= 0.6 is 0 Å². The Balaban J connectivity index is 2.59. The average Bonchev–Trinajstić information content (AvgIpc) is 2.96. The number of carboxylic acids is 1. The summed E-state index contributed by atoms with van der Waals surface area (Å²) < 4.78 is 0. The highest BCUT2D eigenvalue weighted by atomic mass is 16.4. The molecule has 0 spiro atoms. The maximum Gasteiger partial charge on any atom is 0.336 e. The first-order valence-corrected chi connectivity index (χ1v) is 11.0. The van der Waals surface area contributed by atoms with Crippen molar-refractivity contribution in [3.05, 3.63) is 52.9 Å². The van der Waals surface area contributed by atoms with Crippen molar-refractivity contribution in [2.45, 2.75) is 85.0 Å². The molecule has 1 N–H and O–H groups in total. The van der Waals surface area contributed by atoms with Gasteiger partial charge in [-0.2, -0.15) is 0 Å². The SMILES string of the molecule is C=C(/N=C\C(=C/C)C(=O)O)N(CCCC)c1cc(C(C)(C)C)cc2c1CCC2(C)C. The van der Waals surface area contributed by atoms with Crippen LogP contribution in [0.25, 0.3) is 0 Å². The van der Waals surface area contributed by atoms with Crippen LogP contribution in [0, 0.1) is 0 Å². The third-order valence-corrected chi connectivity index (χ3v) is 6.07. The summed E-state index contributed by atoms with van der Waals surface area (Å²) in [6.45, 7) is 20.3. The minimum Gasteiger partial charge on any atom is -0.478 e. The van der Waals surface area contributed by atoms with Crippen molar-refractivity contribution < 1.29 is 9.90 Å². The molecular formula is C26H38N2O2. The molecule has 2 rings (SSSR count). The van der Waals surface area contributed by atoms with Crippen LogP contribution in [0.5, 0.6) is 0 Å². The average molecular weight is 411 g/mol. The number of carboxylic acid groups (broad SMARTS) is 1. The number of allylic oxidation sites excluding steroid dienone is 1. The molecule has 30 heavy (non-hydrogen) atoms. The van der Waals surface area contributed by atoms with Gasteiger partial charge >= 0.3 is 5.97 Å². The fraction of sp³-hybridized carbons (Fsp3) is 0.538. The summed E-state index contributed by atoms with van der Waals surface area (Å²) in [5, 5.41) is 9.29. The standard InChI is InChI=1S/C26H38N2O2/c1-9-11-14-28(18(3)27-17-19(10-2)24(29)30)23-16-20(25(4,5)6)15-22-21(23)12-13-26(22,7)8/h10,15-17H,3,9,11-14H2,1-2,4-8H3,(H,29,30)/b19-10+,27-17-. The topological polar surface area (TPSA) is 52.9 Å². The van der Waals surface area contributed by atoms with E-state index >= 15 is 0 Å². The minimum absolute atomic E-state index is 0.0326. The molecule has 0 fully saturated rings. The Morgan fingerprint density at radius 1 is 1.33 bits per heavy atom. The van der Waals surface area contributed by atoms with Gasteiger partial charge in [-0.1, -0.05) is 66.7 Å². The normalized spacial score (nSPS) is 16.0. The number of carbonyl (C=O) groups is 1. The molecule has 4 nitrogen and oxygen atoms in total. The summed E-state index contributed by atoms with van der Waals surface area (Å²) in [6.07, 6.45) is 7.20. The smallest absolute Gasteiger partial charge is 0.336 e. The van der Waals surface area contributed by atoms with Gasteiger partial charge in [-0.15, -0.1) is 0 Å². The summed E-state index contributed by atoms with van der Waals surface area (Å²) in [5.74, 6) is -0.395. The van der Waals surface area contributed by atoms with Crippen molar-refractivity contribution in [1.29, 1.82) is 0 Å². The highest BCUT2D eigenvalue weighted by Gasteiger charge is 2.34. The number of hydrogen-bond donors (Lipinski definition) is 1. The lowest BCUT2D eigenvalue weighted by atomic mass is 9.80. The van der Waals surface area contributed by atoms with Crippen molar-refractivity contribution in [2.75, 3.05) is 11.4 Å². The number of nitrogens with zero attached hydrogens (tertiary/aromatic N) is 2. The molecule has 0 saturated carbocycles. The number of rotatable bonds is 8. The van der Waals surface area contributed by atoms with Crippen LogP contribution in [-0.2, 0) is 22.0 Å². The minimum atomic E-state index is -0.980. The van der Waals surface area contributed by atoms with Gasteiger partial charge in [0.2, 0.25) is 0 Å². The van der Waals surface area contributed by atoms with Gasteiger partial charge in [-0.25, -0.2) is 9.79 Å². The van der Waals surface area contributed by atoms with E-state index < -0.39 is 5.97 Å². The quantitative estimate of drug-likeness (QED) is 0.399. The molecule has 0 aromatic heterocycles. The lowest BCUT2D eigenvalue weighted by Gasteiger charge is -2.31. The van der Waals surface area contributed by atoms with Crippen molar-refractivity contribution in [3.8, 4) is 0 Å². The largest absolute Gasteiger partial charge is 0.478 e. The van der Waals surface area contributed by atoms with E-state index in [0.717, 1.165) is 32.2 Å². The Morgan fingerprint density at radius 3 is 2.53 bits per heavy atom. The van der Waals surface area contributed by atoms with E-state index in [9.17, 15) is 9.90 Å². The van der Waals surface area contributed by atoms with Crippen LogP contribution in [0.3, 0.4) is 0 Å². The van der Waals surface area contributed by atoms with Crippen molar-refractivity contribution in [3.63, 3.8) is 0 Å². The monoisotopic (exact) mass is 410 g/mol. The van der Waals surface area contributed by atoms with Gasteiger partial charge in [0.05, 0.1) is 5.57 Å². The second-order valence-corrected chi connectivity index (χ2v) is 9.88. The molecule has 0 radical (unpaired) electrons. The molecule has 1 aromatic carbocycles. The second kappa shape index (κ2) is 9.20. The zero-order chi connectivity index (χ0) is 22.7. The first kappa shape index (κ1) is 23.9. The molecular weight excluding hydrogens is 372 g/mol. The fourth-order valence-corrected chi connectivity index (χ4v) is 3.94. The van der Waals surface area contributed by atoms with Gasteiger partial charge in [0, 0.05) is 18.4 Å². The molecule has 0 amide bonds. The molecule has 1 aliphatic carbocycles. The number of benzene rings is 1. The lowest BCUT2D eigenvalue weighted by Crippen LogP contribution is -2.25. The second-order valence-electron chi connectivity index (χ2n) is 9.88. The van der Waals surface area contributed by atoms with Crippen LogP contribution in [0.1, 0.15) is 84.4 Å². The summed E-state index contributed by atoms with van der Waals surface area (Å²) in [5.41, 5.74) is 5.63. The van der Waals surface area contributed by atoms with E-state index in [2.05, 4.69) is 70.1 Å². The fourth-order valence-electron chi connectivity index (χ4n) is 3.94. The van der Waals surface area contributed by atoms with Crippen LogP contribution in [0.15, 0.2) is 41.2 Å². The van der Waals surface area contributed by atoms with Gasteiger partial charge in [-0.3, -0.25) is 0 Å². The Hall–Kier alpha value is -2.36. The molecule has 0 unspecified atom stereocenters. The number of hydrogen-bond acceptors (Lipinski definition) is 3. The molecule has 164 valence electrons. The van der Waals surface area contributed by atoms with E-state index in [0.29, 0.717) is 5.82 Å². The molecule has 4 heteroatoms. The van der Waals surface area contributed by atoms with E-state index in [1.165, 1.54) is 28.6 Å². The predicted molar refractivity (Wildman–Crippen MR) is 128 cm³/mol. The van der Waals surface area contributed by atoms with Crippen molar-refractivity contribution >= 4 is 17.9 Å². The summed E-state index contributed by atoms with van der Waals surface area (Å²) >= 11 is 0. The number of aliphatic imine (C=N–C) groups is 1. The molecule has 0 heterocycles. The molecule has 1 aromatic rings. The molecule has 0 aliphatic heterocycles. The van der Waals surface area contributed by atoms with E-state index in [1.54, 1.807) is 13.0 Å². The van der Waals surface area contributed by atoms with Crippen LogP contribution in [0.4, 0.5) is 5.69 Å². The van der Waals surface area contributed by atoms with Gasteiger partial charge in [0.25, 0.3) is 0 Å². The predicted octanol–water partition coefficient (Wildman–Crippen LogP) is 6.39. The third-order valence-electron chi connectivity index (χ3n) is 6.07. The molecule has 0 bridgehead atoms. The molecule has 0 saturated heterocycles. The lowest BCUT2D eigenvalue weighted by molar-refractivity contribution is -0.132. The van der Waals surface area contributed by atoms with E-state index in [4.69, 9.17) is 0 Å². The van der Waals surface area contributed by atoms with Crippen molar-refractivity contribution in [1.82, 2.24) is 0 Å². The Bertz CT molecular complexity index is 870. The Labute approximate surface area is 182 Å². The highest BCUT2D eigenvalue weighted by molar-refractivity contribution is 6.08. The number of fused-ring (bicyclic) bond motifs is 1. The third kappa shape index (κ3) is 5.21. The number of aliphatic carboxylic acids is 1. The Morgan fingerprint density at radius 2 is 2.00 bits per heavy atom. The van der Waals surface area contributed by atoms with E-state index in [-0.39, 0.29) is 16.4 Å². The zero-order valence-corrected chi connectivity index (χ0v) is 19.8. The number of unbranched alkanes of at least 4 members (excludes halogenated alkanes) is 1. The summed E-state index contributed by atoms with van der Waals surface area (Å²) in [7, 11) is 0. The van der Waals surface area contributed by atoms with Gasteiger partial charge in [0.1, 0.15) is 5.82 Å². The summed E-state index contributed by atoms with van der Waals surface area (Å²) in [4.78, 5) is 18.0. The van der Waals surface area contributed by atoms with E-state index in [1.807, 2.05) is 0 Å². The van der Waals surface area contributed by atoms with Crippen LogP contribution in [0.2, 0.25) is 0 Å².